The van der Waals surface area contributed by atoms with Gasteiger partial charge in [-0.1, -0.05) is 25.5 Å². The Balaban J connectivity index is 2.89. The van der Waals surface area contributed by atoms with Crippen LogP contribution in [0.15, 0.2) is 18.2 Å². The van der Waals surface area contributed by atoms with E-state index in [2.05, 4.69) is 5.32 Å². The normalized spacial score (nSPS) is 12.1. The Bertz CT molecular complexity index is 474. The summed E-state index contributed by atoms with van der Waals surface area (Å²) in [5.74, 6) is 1.17. The standard InChI is InChI=1S/C17H27NO4/c1-6-8-14(17(19)21-5)18-11-13-9-7-10-15(20-4)16(13)22-12(2)3/h7,9-10,12,14,18H,6,8,11H2,1-5H3. The zero-order chi connectivity index (χ0) is 16.5. The van der Waals surface area contributed by atoms with Crippen LogP contribution in [-0.4, -0.2) is 32.3 Å². The van der Waals surface area contributed by atoms with E-state index in [1.807, 2.05) is 39.0 Å². The van der Waals surface area contributed by atoms with E-state index in [9.17, 15) is 4.79 Å². The third-order valence-electron chi connectivity index (χ3n) is 3.24. The summed E-state index contributed by atoms with van der Waals surface area (Å²) in [5, 5.41) is 3.24. The second kappa shape index (κ2) is 9.30. The van der Waals surface area contributed by atoms with Crippen molar-refractivity contribution in [3.05, 3.63) is 23.8 Å². The molecule has 1 aromatic rings. The molecule has 1 aromatic carbocycles. The number of carbonyl (C=O) groups is 1. The van der Waals surface area contributed by atoms with Gasteiger partial charge in [0.25, 0.3) is 0 Å². The summed E-state index contributed by atoms with van der Waals surface area (Å²) in [6.45, 7) is 6.49. The molecule has 1 atom stereocenters. The molecule has 1 rings (SSSR count). The highest BCUT2D eigenvalue weighted by molar-refractivity contribution is 5.75. The minimum absolute atomic E-state index is 0.0436. The smallest absolute Gasteiger partial charge is 0.322 e. The molecular formula is C17H27NO4. The molecule has 124 valence electrons. The topological polar surface area (TPSA) is 56.8 Å². The van der Waals surface area contributed by atoms with Crippen LogP contribution in [0.5, 0.6) is 11.5 Å². The first-order valence-electron chi connectivity index (χ1n) is 7.67. The number of nitrogens with one attached hydrogen (secondary N) is 1. The van der Waals surface area contributed by atoms with Gasteiger partial charge in [-0.15, -0.1) is 0 Å². The quantitative estimate of drug-likeness (QED) is 0.711. The maximum Gasteiger partial charge on any atom is 0.322 e. The molecule has 0 bridgehead atoms. The van der Waals surface area contributed by atoms with Crippen molar-refractivity contribution in [2.24, 2.45) is 0 Å². The summed E-state index contributed by atoms with van der Waals surface area (Å²) in [7, 11) is 3.03. The molecule has 0 radical (unpaired) electrons. The number of methoxy groups -OCH3 is 2. The fraction of sp³-hybridized carbons (Fsp3) is 0.588. The molecule has 0 saturated carbocycles. The van der Waals surface area contributed by atoms with Gasteiger partial charge in [0.1, 0.15) is 6.04 Å². The van der Waals surface area contributed by atoms with E-state index in [1.54, 1.807) is 7.11 Å². The van der Waals surface area contributed by atoms with Crippen LogP contribution in [-0.2, 0) is 16.1 Å². The molecule has 1 unspecified atom stereocenters. The van der Waals surface area contributed by atoms with E-state index in [-0.39, 0.29) is 18.1 Å². The van der Waals surface area contributed by atoms with Crippen molar-refractivity contribution >= 4 is 5.97 Å². The molecule has 5 heteroatoms. The first kappa shape index (κ1) is 18.3. The molecule has 0 fully saturated rings. The monoisotopic (exact) mass is 309 g/mol. The van der Waals surface area contributed by atoms with E-state index in [1.165, 1.54) is 7.11 Å². The van der Waals surface area contributed by atoms with Gasteiger partial charge in [0, 0.05) is 12.1 Å². The highest BCUT2D eigenvalue weighted by atomic mass is 16.5. The van der Waals surface area contributed by atoms with Crippen LogP contribution >= 0.6 is 0 Å². The molecule has 0 amide bonds. The fourth-order valence-corrected chi connectivity index (χ4v) is 2.20. The molecular weight excluding hydrogens is 282 g/mol. The summed E-state index contributed by atoms with van der Waals surface area (Å²) < 4.78 is 16.1. The largest absolute Gasteiger partial charge is 0.493 e. The lowest BCUT2D eigenvalue weighted by molar-refractivity contribution is -0.143. The van der Waals surface area contributed by atoms with Crippen LogP contribution in [0.2, 0.25) is 0 Å². The van der Waals surface area contributed by atoms with Crippen molar-refractivity contribution in [2.75, 3.05) is 14.2 Å². The molecule has 0 saturated heterocycles. The van der Waals surface area contributed by atoms with Gasteiger partial charge in [0.2, 0.25) is 0 Å². The van der Waals surface area contributed by atoms with Crippen LogP contribution in [0.1, 0.15) is 39.2 Å². The number of hydrogen-bond acceptors (Lipinski definition) is 5. The highest BCUT2D eigenvalue weighted by Gasteiger charge is 2.19. The molecule has 1 N–H and O–H groups in total. The summed E-state index contributed by atoms with van der Waals surface area (Å²) in [5.41, 5.74) is 0.957. The maximum atomic E-state index is 11.8. The van der Waals surface area contributed by atoms with Crippen molar-refractivity contribution < 1.29 is 19.0 Å². The van der Waals surface area contributed by atoms with E-state index in [0.29, 0.717) is 18.0 Å². The molecule has 0 aliphatic carbocycles. The molecule has 0 aromatic heterocycles. The van der Waals surface area contributed by atoms with Gasteiger partial charge in [0.15, 0.2) is 11.5 Å². The van der Waals surface area contributed by atoms with Gasteiger partial charge in [-0.3, -0.25) is 4.79 Å². The number of carbonyl (C=O) groups excluding carboxylic acids is 1. The Morgan fingerprint density at radius 2 is 2.00 bits per heavy atom. The minimum Gasteiger partial charge on any atom is -0.493 e. The number of benzene rings is 1. The molecule has 0 spiro atoms. The number of hydrogen-bond donors (Lipinski definition) is 1. The molecule has 0 heterocycles. The lowest BCUT2D eigenvalue weighted by atomic mass is 10.1. The molecule has 0 aliphatic rings. The lowest BCUT2D eigenvalue weighted by Crippen LogP contribution is -2.37. The average molecular weight is 309 g/mol. The first-order chi connectivity index (χ1) is 10.5. The van der Waals surface area contributed by atoms with Crippen molar-refractivity contribution in [3.63, 3.8) is 0 Å². The highest BCUT2D eigenvalue weighted by Crippen LogP contribution is 2.32. The fourth-order valence-electron chi connectivity index (χ4n) is 2.20. The summed E-state index contributed by atoms with van der Waals surface area (Å²) in [4.78, 5) is 11.8. The van der Waals surface area contributed by atoms with Gasteiger partial charge in [0.05, 0.1) is 20.3 Å². The van der Waals surface area contributed by atoms with Gasteiger partial charge >= 0.3 is 5.97 Å². The Kier molecular flexibility index (Phi) is 7.74. The first-order valence-corrected chi connectivity index (χ1v) is 7.67. The third kappa shape index (κ3) is 5.22. The van der Waals surface area contributed by atoms with E-state index < -0.39 is 0 Å². The number of ether oxygens (including phenoxy) is 3. The van der Waals surface area contributed by atoms with E-state index >= 15 is 0 Å². The minimum atomic E-state index is -0.312. The van der Waals surface area contributed by atoms with Crippen LogP contribution in [0.3, 0.4) is 0 Å². The SMILES string of the molecule is CCCC(NCc1cccc(OC)c1OC(C)C)C(=O)OC. The Morgan fingerprint density at radius 1 is 1.27 bits per heavy atom. The number of rotatable bonds is 9. The van der Waals surface area contributed by atoms with Crippen molar-refractivity contribution in [3.8, 4) is 11.5 Å². The molecule has 5 nitrogen and oxygen atoms in total. The summed E-state index contributed by atoms with van der Waals surface area (Å²) >= 11 is 0. The number of para-hydroxylation sites is 1. The predicted octanol–water partition coefficient (Wildman–Crippen LogP) is 2.91. The van der Waals surface area contributed by atoms with Crippen LogP contribution in [0.25, 0.3) is 0 Å². The molecule has 22 heavy (non-hydrogen) atoms. The van der Waals surface area contributed by atoms with Gasteiger partial charge in [-0.05, 0) is 26.3 Å². The molecule has 0 aliphatic heterocycles. The van der Waals surface area contributed by atoms with Crippen LogP contribution in [0, 0.1) is 0 Å². The zero-order valence-corrected chi connectivity index (χ0v) is 14.1. The van der Waals surface area contributed by atoms with E-state index in [0.717, 1.165) is 18.4 Å². The van der Waals surface area contributed by atoms with Crippen molar-refractivity contribution in [2.45, 2.75) is 52.3 Å². The third-order valence-corrected chi connectivity index (χ3v) is 3.24. The number of esters is 1. The van der Waals surface area contributed by atoms with Crippen LogP contribution in [0.4, 0.5) is 0 Å². The predicted molar refractivity (Wildman–Crippen MR) is 86.3 cm³/mol. The van der Waals surface area contributed by atoms with Crippen LogP contribution < -0.4 is 14.8 Å². The summed E-state index contributed by atoms with van der Waals surface area (Å²) in [6.07, 6.45) is 1.68. The van der Waals surface area contributed by atoms with E-state index in [4.69, 9.17) is 14.2 Å². The van der Waals surface area contributed by atoms with Gasteiger partial charge in [-0.25, -0.2) is 0 Å². The maximum absolute atomic E-state index is 11.8. The van der Waals surface area contributed by atoms with Crippen molar-refractivity contribution in [1.82, 2.24) is 5.32 Å². The Hall–Kier alpha value is -1.75. The Labute approximate surface area is 132 Å². The average Bonchev–Trinajstić information content (AvgIpc) is 2.51. The van der Waals surface area contributed by atoms with Crippen molar-refractivity contribution in [1.29, 1.82) is 0 Å². The van der Waals surface area contributed by atoms with Gasteiger partial charge in [-0.2, -0.15) is 0 Å². The summed E-state index contributed by atoms with van der Waals surface area (Å²) in [6, 6.07) is 5.43. The second-order valence-corrected chi connectivity index (χ2v) is 5.36. The zero-order valence-electron chi connectivity index (χ0n) is 14.1. The Morgan fingerprint density at radius 3 is 2.55 bits per heavy atom. The lowest BCUT2D eigenvalue weighted by Gasteiger charge is -2.20. The second-order valence-electron chi connectivity index (χ2n) is 5.36. The van der Waals surface area contributed by atoms with Gasteiger partial charge < -0.3 is 19.5 Å².